The summed E-state index contributed by atoms with van der Waals surface area (Å²) in [5, 5.41) is 4.70. The van der Waals surface area contributed by atoms with E-state index in [2.05, 4.69) is 0 Å². The molecule has 0 amide bonds. The quantitative estimate of drug-likeness (QED) is 0.488. The normalized spacial score (nSPS) is 12.2. The Kier molecular flexibility index (Phi) is 7.09. The molecule has 3 rings (SSSR count). The summed E-state index contributed by atoms with van der Waals surface area (Å²) in [7, 11) is -0.605. The van der Waals surface area contributed by atoms with Gasteiger partial charge in [-0.05, 0) is 39.3 Å². The van der Waals surface area contributed by atoms with Crippen LogP contribution in [0, 0.1) is 6.92 Å². The van der Waals surface area contributed by atoms with Gasteiger partial charge in [-0.25, -0.2) is 12.7 Å². The molecule has 33 heavy (non-hydrogen) atoms. The van der Waals surface area contributed by atoms with E-state index in [-0.39, 0.29) is 23.8 Å². The second-order valence-electron chi connectivity index (χ2n) is 9.09. The lowest BCUT2D eigenvalue weighted by Crippen LogP contribution is -2.25. The summed E-state index contributed by atoms with van der Waals surface area (Å²) in [6.07, 6.45) is 0.0744. The second-order valence-corrected chi connectivity index (χ2v) is 11.2. The third kappa shape index (κ3) is 5.69. The number of hydrogen-bond acceptors (Lipinski definition) is 5. The second kappa shape index (κ2) is 9.49. The number of hydrogen-bond donors (Lipinski definition) is 0. The van der Waals surface area contributed by atoms with Crippen molar-refractivity contribution in [1.82, 2.24) is 14.1 Å². The molecule has 0 fully saturated rings. The maximum atomic E-state index is 12.9. The average molecular weight is 470 g/mol. The van der Waals surface area contributed by atoms with Crippen molar-refractivity contribution >= 4 is 16.0 Å². The van der Waals surface area contributed by atoms with Crippen LogP contribution in [0.25, 0.3) is 11.3 Å². The SMILES string of the molecule is Cc1nn(Cc2ccccc2S(=O)(=O)N(C)C)c(-c2ccccc2)c1CC(=O)OC(C)(C)C. The van der Waals surface area contributed by atoms with Gasteiger partial charge in [0.05, 0.1) is 29.2 Å². The molecule has 3 aromatic rings. The van der Waals surface area contributed by atoms with Gasteiger partial charge in [-0.1, -0.05) is 48.5 Å². The number of esters is 1. The summed E-state index contributed by atoms with van der Waals surface area (Å²) < 4.78 is 34.3. The van der Waals surface area contributed by atoms with Crippen LogP contribution in [0.3, 0.4) is 0 Å². The van der Waals surface area contributed by atoms with Crippen LogP contribution in [0.15, 0.2) is 59.5 Å². The zero-order valence-corrected chi connectivity index (χ0v) is 20.8. The van der Waals surface area contributed by atoms with Crippen molar-refractivity contribution in [3.63, 3.8) is 0 Å². The first-order chi connectivity index (χ1) is 15.4. The van der Waals surface area contributed by atoms with Crippen LogP contribution in [-0.2, 0) is 32.5 Å². The molecule has 0 unspecified atom stereocenters. The summed E-state index contributed by atoms with van der Waals surface area (Å²) in [5.41, 5.74) is 3.17. The number of nitrogens with zero attached hydrogens (tertiary/aromatic N) is 3. The zero-order valence-electron chi connectivity index (χ0n) is 20.0. The van der Waals surface area contributed by atoms with Gasteiger partial charge in [-0.2, -0.15) is 5.10 Å². The summed E-state index contributed by atoms with van der Waals surface area (Å²) >= 11 is 0. The van der Waals surface area contributed by atoms with Gasteiger partial charge < -0.3 is 4.74 Å². The molecule has 2 aromatic carbocycles. The summed E-state index contributed by atoms with van der Waals surface area (Å²) in [6, 6.07) is 16.6. The number of carbonyl (C=O) groups is 1. The van der Waals surface area contributed by atoms with Crippen molar-refractivity contribution in [2.75, 3.05) is 14.1 Å². The third-order valence-corrected chi connectivity index (χ3v) is 7.01. The number of aromatic nitrogens is 2. The van der Waals surface area contributed by atoms with E-state index in [1.165, 1.54) is 18.4 Å². The summed E-state index contributed by atoms with van der Waals surface area (Å²) in [4.78, 5) is 12.9. The molecule has 0 aliphatic heterocycles. The van der Waals surface area contributed by atoms with Gasteiger partial charge in [0.15, 0.2) is 0 Å². The first-order valence-corrected chi connectivity index (χ1v) is 12.2. The van der Waals surface area contributed by atoms with E-state index in [0.717, 1.165) is 16.8 Å². The van der Waals surface area contributed by atoms with E-state index >= 15 is 0 Å². The van der Waals surface area contributed by atoms with Gasteiger partial charge in [0.25, 0.3) is 0 Å². The van der Waals surface area contributed by atoms with Crippen molar-refractivity contribution < 1.29 is 17.9 Å². The molecule has 0 aliphatic rings. The standard InChI is InChI=1S/C25H31N3O4S/c1-18-21(16-23(29)32-25(2,3)4)24(19-12-8-7-9-13-19)28(26-18)17-20-14-10-11-15-22(20)33(30,31)27(5)6/h7-15H,16-17H2,1-6H3. The molecule has 0 saturated heterocycles. The lowest BCUT2D eigenvalue weighted by molar-refractivity contribution is -0.153. The Balaban J connectivity index is 2.11. The Morgan fingerprint density at radius 2 is 1.64 bits per heavy atom. The molecular formula is C25H31N3O4S. The number of aryl methyl sites for hydroxylation is 1. The molecule has 1 heterocycles. The van der Waals surface area contributed by atoms with Crippen molar-refractivity contribution in [1.29, 1.82) is 0 Å². The minimum absolute atomic E-state index is 0.0744. The predicted molar refractivity (Wildman–Crippen MR) is 128 cm³/mol. The highest BCUT2D eigenvalue weighted by molar-refractivity contribution is 7.89. The highest BCUT2D eigenvalue weighted by Gasteiger charge is 2.25. The maximum absolute atomic E-state index is 12.9. The Hall–Kier alpha value is -2.97. The average Bonchev–Trinajstić information content (AvgIpc) is 3.02. The van der Waals surface area contributed by atoms with Gasteiger partial charge >= 0.3 is 5.97 Å². The van der Waals surface area contributed by atoms with Gasteiger partial charge in [-0.15, -0.1) is 0 Å². The topological polar surface area (TPSA) is 81.5 Å². The van der Waals surface area contributed by atoms with Crippen molar-refractivity contribution in [3.05, 3.63) is 71.4 Å². The van der Waals surface area contributed by atoms with Crippen LogP contribution < -0.4 is 0 Å². The van der Waals surface area contributed by atoms with Gasteiger partial charge in [-0.3, -0.25) is 9.48 Å². The highest BCUT2D eigenvalue weighted by Crippen LogP contribution is 2.29. The lowest BCUT2D eigenvalue weighted by Gasteiger charge is -2.20. The Morgan fingerprint density at radius 3 is 2.24 bits per heavy atom. The molecular weight excluding hydrogens is 438 g/mol. The molecule has 0 N–H and O–H groups in total. The van der Waals surface area contributed by atoms with Crippen LogP contribution in [-0.4, -0.2) is 48.2 Å². The third-order valence-electron chi connectivity index (χ3n) is 5.09. The Morgan fingerprint density at radius 1 is 1.03 bits per heavy atom. The van der Waals surface area contributed by atoms with Crippen molar-refractivity contribution in [2.24, 2.45) is 0 Å². The van der Waals surface area contributed by atoms with E-state index < -0.39 is 15.6 Å². The molecule has 7 nitrogen and oxygen atoms in total. The largest absolute Gasteiger partial charge is 0.460 e. The first kappa shape index (κ1) is 24.7. The molecule has 0 bridgehead atoms. The molecule has 1 aromatic heterocycles. The number of sulfonamides is 1. The minimum Gasteiger partial charge on any atom is -0.460 e. The fraction of sp³-hybridized carbons (Fsp3) is 0.360. The number of carbonyl (C=O) groups excluding carboxylic acids is 1. The predicted octanol–water partition coefficient (Wildman–Crippen LogP) is 4.04. The van der Waals surface area contributed by atoms with E-state index in [9.17, 15) is 13.2 Å². The fourth-order valence-electron chi connectivity index (χ4n) is 3.63. The van der Waals surface area contributed by atoms with Crippen molar-refractivity contribution in [3.8, 4) is 11.3 Å². The smallest absolute Gasteiger partial charge is 0.310 e. The Labute approximate surface area is 196 Å². The molecule has 0 radical (unpaired) electrons. The van der Waals surface area contributed by atoms with E-state index in [1.54, 1.807) is 22.9 Å². The summed E-state index contributed by atoms with van der Waals surface area (Å²) in [6.45, 7) is 7.60. The van der Waals surface area contributed by atoms with Crippen LogP contribution in [0.5, 0.6) is 0 Å². The number of ether oxygens (including phenoxy) is 1. The molecule has 8 heteroatoms. The first-order valence-electron chi connectivity index (χ1n) is 10.7. The highest BCUT2D eigenvalue weighted by atomic mass is 32.2. The van der Waals surface area contributed by atoms with Crippen LogP contribution in [0.1, 0.15) is 37.6 Å². The van der Waals surface area contributed by atoms with E-state index in [4.69, 9.17) is 9.84 Å². The number of rotatable bonds is 7. The molecule has 0 spiro atoms. The number of benzene rings is 2. The summed E-state index contributed by atoms with van der Waals surface area (Å²) in [5.74, 6) is -0.335. The lowest BCUT2D eigenvalue weighted by atomic mass is 10.0. The maximum Gasteiger partial charge on any atom is 0.310 e. The van der Waals surface area contributed by atoms with Crippen molar-refractivity contribution in [2.45, 2.75) is 51.2 Å². The monoisotopic (exact) mass is 469 g/mol. The van der Waals surface area contributed by atoms with Gasteiger partial charge in [0, 0.05) is 25.2 Å². The van der Waals surface area contributed by atoms with Gasteiger partial charge in [0.2, 0.25) is 10.0 Å². The van der Waals surface area contributed by atoms with Gasteiger partial charge in [0.1, 0.15) is 5.60 Å². The molecule has 176 valence electrons. The van der Waals surface area contributed by atoms with Crippen LogP contribution in [0.4, 0.5) is 0 Å². The zero-order chi connectivity index (χ0) is 24.4. The van der Waals surface area contributed by atoms with Crippen LogP contribution in [0.2, 0.25) is 0 Å². The fourth-order valence-corrected chi connectivity index (χ4v) is 4.74. The Bertz CT molecular complexity index is 1240. The van der Waals surface area contributed by atoms with Crippen LogP contribution >= 0.6 is 0 Å². The molecule has 0 aliphatic carbocycles. The molecule has 0 atom stereocenters. The minimum atomic E-state index is -3.63. The van der Waals surface area contributed by atoms with E-state index in [1.807, 2.05) is 64.1 Å². The molecule has 0 saturated carbocycles. The van der Waals surface area contributed by atoms with E-state index in [0.29, 0.717) is 11.3 Å².